The Labute approximate surface area is 113 Å². The van der Waals surface area contributed by atoms with E-state index in [1.165, 1.54) is 0 Å². The molecule has 0 spiro atoms. The quantitative estimate of drug-likeness (QED) is 0.909. The van der Waals surface area contributed by atoms with Crippen LogP contribution >= 0.6 is 0 Å². The molecule has 2 rings (SSSR count). The fourth-order valence-electron chi connectivity index (χ4n) is 2.27. The molecule has 0 amide bonds. The molecule has 4 nitrogen and oxygen atoms in total. The van der Waals surface area contributed by atoms with Crippen LogP contribution in [0.3, 0.4) is 0 Å². The molecule has 1 heterocycles. The van der Waals surface area contributed by atoms with Gasteiger partial charge in [-0.2, -0.15) is 10.4 Å². The number of nitriles is 1. The van der Waals surface area contributed by atoms with Crippen LogP contribution in [-0.2, 0) is 0 Å². The molecule has 0 atom stereocenters. The molecular weight excluding hydrogens is 236 g/mol. The van der Waals surface area contributed by atoms with Gasteiger partial charge in [0.1, 0.15) is 23.1 Å². The number of aromatic nitrogens is 2. The zero-order valence-electron chi connectivity index (χ0n) is 11.3. The number of nitrogens with two attached hydrogens (primary N) is 1. The lowest BCUT2D eigenvalue weighted by molar-refractivity contribution is 0.435. The van der Waals surface area contributed by atoms with Gasteiger partial charge in [0.25, 0.3) is 0 Å². The van der Waals surface area contributed by atoms with Crippen molar-refractivity contribution in [3.05, 3.63) is 35.9 Å². The Kier molecular flexibility index (Phi) is 3.86. The van der Waals surface area contributed by atoms with Gasteiger partial charge >= 0.3 is 0 Å². The van der Waals surface area contributed by atoms with Crippen LogP contribution in [0.2, 0.25) is 0 Å². The van der Waals surface area contributed by atoms with Gasteiger partial charge in [-0.3, -0.25) is 0 Å². The summed E-state index contributed by atoms with van der Waals surface area (Å²) >= 11 is 0. The van der Waals surface area contributed by atoms with Gasteiger partial charge < -0.3 is 5.73 Å². The summed E-state index contributed by atoms with van der Waals surface area (Å²) in [5, 5.41) is 13.9. The molecule has 0 bridgehead atoms. The average molecular weight is 254 g/mol. The van der Waals surface area contributed by atoms with Crippen molar-refractivity contribution in [1.29, 1.82) is 5.26 Å². The summed E-state index contributed by atoms with van der Waals surface area (Å²) in [5.41, 5.74) is 8.15. The van der Waals surface area contributed by atoms with Crippen molar-refractivity contribution < 1.29 is 0 Å². The smallest absolute Gasteiger partial charge is 0.140 e. The molecule has 0 aliphatic carbocycles. The molecular formula is C15H18N4. The summed E-state index contributed by atoms with van der Waals surface area (Å²) in [4.78, 5) is 0. The summed E-state index contributed by atoms with van der Waals surface area (Å²) in [6.07, 6.45) is 1.89. The highest BCUT2D eigenvalue weighted by atomic mass is 15.3. The molecule has 0 radical (unpaired) electrons. The third-order valence-electron chi connectivity index (χ3n) is 3.39. The Morgan fingerprint density at radius 1 is 1.26 bits per heavy atom. The molecule has 2 aromatic rings. The van der Waals surface area contributed by atoms with Gasteiger partial charge in [0.2, 0.25) is 0 Å². The number of nitrogens with zero attached hydrogens (tertiary/aromatic N) is 3. The highest BCUT2D eigenvalue weighted by Gasteiger charge is 2.20. The van der Waals surface area contributed by atoms with E-state index in [4.69, 9.17) is 5.73 Å². The zero-order valence-corrected chi connectivity index (χ0v) is 11.3. The Balaban J connectivity index is 2.58. The Morgan fingerprint density at radius 3 is 2.42 bits per heavy atom. The molecule has 0 saturated heterocycles. The van der Waals surface area contributed by atoms with Crippen molar-refractivity contribution >= 4 is 5.82 Å². The molecule has 98 valence electrons. The van der Waals surface area contributed by atoms with Crippen molar-refractivity contribution in [2.45, 2.75) is 32.7 Å². The van der Waals surface area contributed by atoms with Gasteiger partial charge in [-0.05, 0) is 12.8 Å². The third-order valence-corrected chi connectivity index (χ3v) is 3.39. The molecule has 0 aliphatic rings. The predicted octanol–water partition coefficient (Wildman–Crippen LogP) is 3.37. The van der Waals surface area contributed by atoms with E-state index in [2.05, 4.69) is 25.0 Å². The summed E-state index contributed by atoms with van der Waals surface area (Å²) < 4.78 is 1.79. The van der Waals surface area contributed by atoms with Gasteiger partial charge in [0, 0.05) is 5.56 Å². The van der Waals surface area contributed by atoms with Crippen LogP contribution in [-0.4, -0.2) is 9.78 Å². The SMILES string of the molecule is CCC(CC)n1nc(-c2ccccc2)c(C#N)c1N. The molecule has 0 saturated carbocycles. The lowest BCUT2D eigenvalue weighted by Gasteiger charge is -2.14. The maximum Gasteiger partial charge on any atom is 0.140 e. The number of benzene rings is 1. The zero-order chi connectivity index (χ0) is 13.8. The Bertz CT molecular complexity index is 589. The van der Waals surface area contributed by atoms with E-state index < -0.39 is 0 Å². The fraction of sp³-hybridized carbons (Fsp3) is 0.333. The molecule has 2 N–H and O–H groups in total. The van der Waals surface area contributed by atoms with Crippen molar-refractivity contribution in [1.82, 2.24) is 9.78 Å². The number of anilines is 1. The predicted molar refractivity (Wildman–Crippen MR) is 76.4 cm³/mol. The number of rotatable bonds is 4. The topological polar surface area (TPSA) is 67.6 Å². The van der Waals surface area contributed by atoms with E-state index in [0.717, 1.165) is 18.4 Å². The standard InChI is InChI=1S/C15H18N4/c1-3-12(4-2)19-15(17)13(10-16)14(18-19)11-8-6-5-7-9-11/h5-9,12H,3-4,17H2,1-2H3. The first kappa shape index (κ1) is 13.2. The summed E-state index contributed by atoms with van der Waals surface area (Å²) in [5.74, 6) is 0.468. The number of hydrogen-bond donors (Lipinski definition) is 1. The molecule has 19 heavy (non-hydrogen) atoms. The first-order valence-corrected chi connectivity index (χ1v) is 6.56. The van der Waals surface area contributed by atoms with Gasteiger partial charge in [0.05, 0.1) is 6.04 Å². The maximum atomic E-state index is 9.32. The minimum Gasteiger partial charge on any atom is -0.383 e. The summed E-state index contributed by atoms with van der Waals surface area (Å²) in [7, 11) is 0. The van der Waals surface area contributed by atoms with E-state index in [0.29, 0.717) is 17.1 Å². The minimum atomic E-state index is 0.240. The highest BCUT2D eigenvalue weighted by molar-refractivity contribution is 5.72. The van der Waals surface area contributed by atoms with E-state index in [-0.39, 0.29) is 6.04 Å². The summed E-state index contributed by atoms with van der Waals surface area (Å²) in [6, 6.07) is 12.1. The highest BCUT2D eigenvalue weighted by Crippen LogP contribution is 2.30. The van der Waals surface area contributed by atoms with Gasteiger partial charge in [-0.25, -0.2) is 4.68 Å². The van der Waals surface area contributed by atoms with Crippen LogP contribution in [0.25, 0.3) is 11.3 Å². The van der Waals surface area contributed by atoms with Gasteiger partial charge in [-0.15, -0.1) is 0 Å². The Morgan fingerprint density at radius 2 is 1.89 bits per heavy atom. The second-order valence-corrected chi connectivity index (χ2v) is 4.50. The fourth-order valence-corrected chi connectivity index (χ4v) is 2.27. The van der Waals surface area contributed by atoms with E-state index in [1.54, 1.807) is 4.68 Å². The van der Waals surface area contributed by atoms with Crippen molar-refractivity contribution in [3.8, 4) is 17.3 Å². The van der Waals surface area contributed by atoms with E-state index >= 15 is 0 Å². The molecule has 0 unspecified atom stereocenters. The van der Waals surface area contributed by atoms with Crippen molar-refractivity contribution in [3.63, 3.8) is 0 Å². The normalized spacial score (nSPS) is 10.6. The van der Waals surface area contributed by atoms with Crippen molar-refractivity contribution in [2.75, 3.05) is 5.73 Å². The molecule has 0 fully saturated rings. The lowest BCUT2D eigenvalue weighted by Crippen LogP contribution is -2.12. The number of hydrogen-bond acceptors (Lipinski definition) is 3. The van der Waals surface area contributed by atoms with Gasteiger partial charge in [0.15, 0.2) is 0 Å². The van der Waals surface area contributed by atoms with E-state index in [1.807, 2.05) is 30.3 Å². The monoisotopic (exact) mass is 254 g/mol. The first-order valence-electron chi connectivity index (χ1n) is 6.56. The molecule has 1 aromatic heterocycles. The largest absolute Gasteiger partial charge is 0.383 e. The second-order valence-electron chi connectivity index (χ2n) is 4.50. The van der Waals surface area contributed by atoms with E-state index in [9.17, 15) is 5.26 Å². The average Bonchev–Trinajstić information content (AvgIpc) is 2.78. The molecule has 1 aromatic carbocycles. The van der Waals surface area contributed by atoms with Gasteiger partial charge in [-0.1, -0.05) is 44.2 Å². The lowest BCUT2D eigenvalue weighted by atomic mass is 10.1. The van der Waals surface area contributed by atoms with Crippen LogP contribution < -0.4 is 5.73 Å². The summed E-state index contributed by atoms with van der Waals surface area (Å²) in [6.45, 7) is 4.20. The van der Waals surface area contributed by atoms with Crippen LogP contribution in [0.4, 0.5) is 5.82 Å². The molecule has 4 heteroatoms. The molecule has 0 aliphatic heterocycles. The van der Waals surface area contributed by atoms with Crippen LogP contribution in [0.5, 0.6) is 0 Å². The number of nitrogen functional groups attached to an aromatic ring is 1. The third kappa shape index (κ3) is 2.32. The first-order chi connectivity index (χ1) is 9.22. The Hall–Kier alpha value is -2.28. The van der Waals surface area contributed by atoms with Crippen LogP contribution in [0, 0.1) is 11.3 Å². The second kappa shape index (κ2) is 5.57. The van der Waals surface area contributed by atoms with Crippen molar-refractivity contribution in [2.24, 2.45) is 0 Å². The minimum absolute atomic E-state index is 0.240. The van der Waals surface area contributed by atoms with Crippen LogP contribution in [0.15, 0.2) is 30.3 Å². The maximum absolute atomic E-state index is 9.32. The van der Waals surface area contributed by atoms with Crippen LogP contribution in [0.1, 0.15) is 38.3 Å².